The average Bonchev–Trinajstić information content (AvgIpc) is 2.55. The third-order valence-corrected chi connectivity index (χ3v) is 4.13. The number of rotatable bonds is 5. The van der Waals surface area contributed by atoms with Crippen molar-refractivity contribution in [3.05, 3.63) is 35.9 Å². The summed E-state index contributed by atoms with van der Waals surface area (Å²) in [5.41, 5.74) is 0.805. The van der Waals surface area contributed by atoms with E-state index in [4.69, 9.17) is 0 Å². The van der Waals surface area contributed by atoms with Gasteiger partial charge in [-0.15, -0.1) is 0 Å². The summed E-state index contributed by atoms with van der Waals surface area (Å²) in [6.45, 7) is 2.21. The molecule has 1 saturated heterocycles. The molecule has 3 amide bonds. The van der Waals surface area contributed by atoms with Crippen LogP contribution in [0.15, 0.2) is 30.3 Å². The summed E-state index contributed by atoms with van der Waals surface area (Å²) in [7, 11) is 0. The predicted octanol–water partition coefficient (Wildman–Crippen LogP) is 2.47. The Bertz CT molecular complexity index is 546. The van der Waals surface area contributed by atoms with Gasteiger partial charge in [-0.05, 0) is 18.4 Å². The fourth-order valence-electron chi connectivity index (χ4n) is 2.79. The maximum Gasteiger partial charge on any atom is 0.318 e. The minimum atomic E-state index is -2.58. The molecule has 0 radical (unpaired) electrons. The second-order valence-corrected chi connectivity index (χ2v) is 5.99. The molecule has 1 aromatic carbocycles. The molecule has 0 spiro atoms. The van der Waals surface area contributed by atoms with Gasteiger partial charge in [0.2, 0.25) is 5.91 Å². The largest absolute Gasteiger partial charge is 0.343 e. The van der Waals surface area contributed by atoms with Crippen LogP contribution in [0.2, 0.25) is 0 Å². The van der Waals surface area contributed by atoms with Crippen molar-refractivity contribution in [3.8, 4) is 0 Å². The first kappa shape index (κ1) is 18.2. The second-order valence-electron chi connectivity index (χ2n) is 5.99. The number of nitrogens with zero attached hydrogens (tertiary/aromatic N) is 2. The van der Waals surface area contributed by atoms with Crippen LogP contribution in [0.25, 0.3) is 0 Å². The Morgan fingerprint density at radius 1 is 1.25 bits per heavy atom. The van der Waals surface area contributed by atoms with Gasteiger partial charge in [-0.3, -0.25) is 4.79 Å². The molecule has 24 heavy (non-hydrogen) atoms. The van der Waals surface area contributed by atoms with E-state index < -0.39 is 19.0 Å². The molecule has 1 aliphatic rings. The summed E-state index contributed by atoms with van der Waals surface area (Å²) in [6, 6.07) is 8.48. The zero-order chi connectivity index (χ0) is 17.5. The predicted molar refractivity (Wildman–Crippen MR) is 86.7 cm³/mol. The summed E-state index contributed by atoms with van der Waals surface area (Å²) in [4.78, 5) is 26.5. The van der Waals surface area contributed by atoms with E-state index in [-0.39, 0.29) is 18.5 Å². The van der Waals surface area contributed by atoms with Crippen LogP contribution in [-0.2, 0) is 11.3 Å². The van der Waals surface area contributed by atoms with Gasteiger partial charge in [-0.1, -0.05) is 30.3 Å². The first-order chi connectivity index (χ1) is 11.5. The second kappa shape index (κ2) is 8.61. The molecule has 1 fully saturated rings. The third kappa shape index (κ3) is 5.47. The van der Waals surface area contributed by atoms with E-state index in [2.05, 4.69) is 5.32 Å². The lowest BCUT2D eigenvalue weighted by molar-refractivity contribution is -0.129. The lowest BCUT2D eigenvalue weighted by atomic mass is 10.1. The molecule has 0 bridgehead atoms. The van der Waals surface area contributed by atoms with Crippen LogP contribution >= 0.6 is 0 Å². The average molecular weight is 339 g/mol. The Kier molecular flexibility index (Phi) is 6.52. The van der Waals surface area contributed by atoms with E-state index in [9.17, 15) is 18.4 Å². The van der Waals surface area contributed by atoms with E-state index in [0.717, 1.165) is 10.5 Å². The highest BCUT2D eigenvalue weighted by atomic mass is 19.3. The van der Waals surface area contributed by atoms with Gasteiger partial charge in [0.15, 0.2) is 0 Å². The van der Waals surface area contributed by atoms with Gasteiger partial charge in [0.25, 0.3) is 6.43 Å². The summed E-state index contributed by atoms with van der Waals surface area (Å²) >= 11 is 0. The highest BCUT2D eigenvalue weighted by Crippen LogP contribution is 2.12. The van der Waals surface area contributed by atoms with Crippen molar-refractivity contribution in [2.45, 2.75) is 38.8 Å². The topological polar surface area (TPSA) is 52.7 Å². The van der Waals surface area contributed by atoms with Gasteiger partial charge in [-0.25, -0.2) is 13.6 Å². The van der Waals surface area contributed by atoms with Crippen molar-refractivity contribution in [1.82, 2.24) is 15.1 Å². The van der Waals surface area contributed by atoms with E-state index in [1.165, 1.54) is 6.92 Å². The fraction of sp³-hybridized carbons (Fsp3) is 0.529. The Labute approximate surface area is 140 Å². The maximum atomic E-state index is 12.8. The Morgan fingerprint density at radius 3 is 2.42 bits per heavy atom. The number of piperidine rings is 1. The smallest absolute Gasteiger partial charge is 0.318 e. The van der Waals surface area contributed by atoms with Crippen molar-refractivity contribution in [2.24, 2.45) is 0 Å². The number of hydrogen-bond acceptors (Lipinski definition) is 2. The highest BCUT2D eigenvalue weighted by molar-refractivity contribution is 5.75. The van der Waals surface area contributed by atoms with Crippen molar-refractivity contribution in [1.29, 1.82) is 0 Å². The van der Waals surface area contributed by atoms with Crippen LogP contribution in [0.3, 0.4) is 0 Å². The molecule has 0 saturated carbocycles. The number of carbonyl (C=O) groups is 2. The molecule has 1 N–H and O–H groups in total. The van der Waals surface area contributed by atoms with Crippen molar-refractivity contribution in [2.75, 3.05) is 19.6 Å². The van der Waals surface area contributed by atoms with E-state index >= 15 is 0 Å². The SMILES string of the molecule is CC(=O)N1CCC(NC(=O)N(Cc2ccccc2)CC(F)F)CC1. The zero-order valence-electron chi connectivity index (χ0n) is 13.8. The van der Waals surface area contributed by atoms with Crippen LogP contribution < -0.4 is 5.32 Å². The van der Waals surface area contributed by atoms with Crippen molar-refractivity contribution in [3.63, 3.8) is 0 Å². The number of carbonyl (C=O) groups excluding carboxylic acids is 2. The van der Waals surface area contributed by atoms with Crippen molar-refractivity contribution < 1.29 is 18.4 Å². The first-order valence-corrected chi connectivity index (χ1v) is 8.08. The summed E-state index contributed by atoms with van der Waals surface area (Å²) in [6.07, 6.45) is -1.31. The number of urea groups is 1. The van der Waals surface area contributed by atoms with Crippen LogP contribution in [0, 0.1) is 0 Å². The van der Waals surface area contributed by atoms with Gasteiger partial charge in [0.05, 0.1) is 6.54 Å². The van der Waals surface area contributed by atoms with E-state index in [0.29, 0.717) is 25.9 Å². The monoisotopic (exact) mass is 339 g/mol. The lowest BCUT2D eigenvalue weighted by Crippen LogP contribution is -2.50. The molecular formula is C17H23F2N3O2. The molecule has 0 aromatic heterocycles. The first-order valence-electron chi connectivity index (χ1n) is 8.08. The number of nitrogens with one attached hydrogen (secondary N) is 1. The normalized spacial score (nSPS) is 15.4. The van der Waals surface area contributed by atoms with Gasteiger partial charge >= 0.3 is 6.03 Å². The minimum absolute atomic E-state index is 0.0168. The quantitative estimate of drug-likeness (QED) is 0.896. The molecule has 7 heteroatoms. The number of halogens is 2. The number of alkyl halides is 2. The Hall–Kier alpha value is -2.18. The van der Waals surface area contributed by atoms with Crippen molar-refractivity contribution >= 4 is 11.9 Å². The fourth-order valence-corrected chi connectivity index (χ4v) is 2.79. The van der Waals surface area contributed by atoms with Gasteiger partial charge in [-0.2, -0.15) is 0 Å². The van der Waals surface area contributed by atoms with Gasteiger partial charge in [0, 0.05) is 32.6 Å². The molecule has 132 valence electrons. The standard InChI is InChI=1S/C17H23F2N3O2/c1-13(23)21-9-7-15(8-10-21)20-17(24)22(12-16(18)19)11-14-5-3-2-4-6-14/h2-6,15-16H,7-12H2,1H3,(H,20,24). The van der Waals surface area contributed by atoms with Gasteiger partial charge in [0.1, 0.15) is 0 Å². The lowest BCUT2D eigenvalue weighted by Gasteiger charge is -2.33. The number of amides is 3. The van der Waals surface area contributed by atoms with E-state index in [1.807, 2.05) is 18.2 Å². The molecule has 1 heterocycles. The summed E-state index contributed by atoms with van der Waals surface area (Å²) in [5.74, 6) is 0.0168. The number of hydrogen-bond donors (Lipinski definition) is 1. The minimum Gasteiger partial charge on any atom is -0.343 e. The Balaban J connectivity index is 1.92. The molecule has 5 nitrogen and oxygen atoms in total. The molecular weight excluding hydrogens is 316 g/mol. The van der Waals surface area contributed by atoms with E-state index in [1.54, 1.807) is 17.0 Å². The molecule has 0 atom stereocenters. The number of benzene rings is 1. The summed E-state index contributed by atoms with van der Waals surface area (Å²) < 4.78 is 25.6. The molecule has 1 aliphatic heterocycles. The third-order valence-electron chi connectivity index (χ3n) is 4.13. The number of likely N-dealkylation sites (tertiary alicyclic amines) is 1. The van der Waals surface area contributed by atoms with Crippen LogP contribution in [0.1, 0.15) is 25.3 Å². The molecule has 1 aromatic rings. The highest BCUT2D eigenvalue weighted by Gasteiger charge is 2.25. The molecule has 2 rings (SSSR count). The zero-order valence-corrected chi connectivity index (χ0v) is 13.8. The molecule has 0 aliphatic carbocycles. The van der Waals surface area contributed by atoms with Gasteiger partial charge < -0.3 is 15.1 Å². The maximum absolute atomic E-state index is 12.8. The van der Waals surface area contributed by atoms with Crippen LogP contribution in [0.5, 0.6) is 0 Å². The molecule has 0 unspecified atom stereocenters. The van der Waals surface area contributed by atoms with Crippen LogP contribution in [-0.4, -0.2) is 53.8 Å². The Morgan fingerprint density at radius 2 is 1.88 bits per heavy atom. The van der Waals surface area contributed by atoms with Crippen LogP contribution in [0.4, 0.5) is 13.6 Å². The summed E-state index contributed by atoms with van der Waals surface area (Å²) in [5, 5.41) is 2.82.